The van der Waals surface area contributed by atoms with Crippen LogP contribution in [0.3, 0.4) is 0 Å². The number of hydrogen-bond acceptors (Lipinski definition) is 2. The molecule has 0 saturated heterocycles. The van der Waals surface area contributed by atoms with Gasteiger partial charge in [-0.1, -0.05) is 35.9 Å². The first-order valence-electron chi connectivity index (χ1n) is 6.82. The van der Waals surface area contributed by atoms with E-state index in [0.717, 1.165) is 27.7 Å². The molecule has 0 atom stereocenters. The van der Waals surface area contributed by atoms with E-state index in [-0.39, 0.29) is 0 Å². The summed E-state index contributed by atoms with van der Waals surface area (Å²) in [7, 11) is -3.58. The number of benzene rings is 2. The van der Waals surface area contributed by atoms with Crippen molar-refractivity contribution in [1.82, 2.24) is 3.97 Å². The summed E-state index contributed by atoms with van der Waals surface area (Å²) < 4.78 is 27.4. The lowest BCUT2D eigenvalue weighted by molar-refractivity contribution is 0.588. The van der Waals surface area contributed by atoms with E-state index in [9.17, 15) is 8.42 Å². The van der Waals surface area contributed by atoms with Crippen molar-refractivity contribution >= 4 is 20.9 Å². The minimum absolute atomic E-state index is 0.317. The van der Waals surface area contributed by atoms with Gasteiger partial charge in [0, 0.05) is 11.1 Å². The Hall–Kier alpha value is -2.07. The van der Waals surface area contributed by atoms with Crippen LogP contribution in [-0.4, -0.2) is 12.4 Å². The van der Waals surface area contributed by atoms with Crippen LogP contribution in [0.25, 0.3) is 10.9 Å². The second-order valence-corrected chi connectivity index (χ2v) is 7.10. The minimum atomic E-state index is -3.58. The molecule has 3 rings (SSSR count). The van der Waals surface area contributed by atoms with Gasteiger partial charge in [-0.2, -0.15) is 0 Å². The minimum Gasteiger partial charge on any atom is -0.238 e. The molecule has 1 aromatic heterocycles. The van der Waals surface area contributed by atoms with Crippen molar-refractivity contribution in [3.8, 4) is 0 Å². The van der Waals surface area contributed by atoms with Crippen molar-refractivity contribution in [1.29, 1.82) is 0 Å². The lowest BCUT2D eigenvalue weighted by Gasteiger charge is -2.10. The molecule has 0 aliphatic heterocycles. The summed E-state index contributed by atoms with van der Waals surface area (Å²) in [5, 5.41) is 0.977. The van der Waals surface area contributed by atoms with E-state index >= 15 is 0 Å². The molecule has 21 heavy (non-hydrogen) atoms. The Labute approximate surface area is 124 Å². The maximum Gasteiger partial charge on any atom is 0.268 e. The molecule has 0 fully saturated rings. The zero-order valence-electron chi connectivity index (χ0n) is 12.3. The average Bonchev–Trinajstić information content (AvgIpc) is 2.72. The first-order chi connectivity index (χ1) is 9.93. The Balaban J connectivity index is 2.34. The van der Waals surface area contributed by atoms with Gasteiger partial charge in [0.05, 0.1) is 10.4 Å². The number of aromatic nitrogens is 1. The zero-order chi connectivity index (χ0) is 15.2. The first kappa shape index (κ1) is 13.9. The third-order valence-corrected chi connectivity index (χ3v) is 5.75. The summed E-state index contributed by atoms with van der Waals surface area (Å²) in [5.74, 6) is 0. The number of aryl methyl sites for hydroxylation is 2. The average molecular weight is 299 g/mol. The number of rotatable bonds is 2. The van der Waals surface area contributed by atoms with Crippen LogP contribution in [0.15, 0.2) is 53.4 Å². The fraction of sp³-hybridized carbons (Fsp3) is 0.176. The molecule has 0 spiro atoms. The van der Waals surface area contributed by atoms with E-state index < -0.39 is 10.0 Å². The van der Waals surface area contributed by atoms with Crippen LogP contribution in [-0.2, 0) is 10.0 Å². The summed E-state index contributed by atoms with van der Waals surface area (Å²) >= 11 is 0. The van der Waals surface area contributed by atoms with E-state index in [0.29, 0.717) is 4.90 Å². The Morgan fingerprint density at radius 1 is 0.857 bits per heavy atom. The summed E-state index contributed by atoms with van der Waals surface area (Å²) in [6, 6.07) is 14.6. The molecule has 0 bridgehead atoms. The number of fused-ring (bicyclic) bond motifs is 1. The highest BCUT2D eigenvalue weighted by molar-refractivity contribution is 7.90. The van der Waals surface area contributed by atoms with Gasteiger partial charge in [0.15, 0.2) is 0 Å². The van der Waals surface area contributed by atoms with Crippen LogP contribution < -0.4 is 0 Å². The van der Waals surface area contributed by atoms with E-state index in [1.807, 2.05) is 57.2 Å². The SMILES string of the molecule is Cc1ccc(S(=O)(=O)n2c(C)c(C)c3ccccc32)cc1. The van der Waals surface area contributed by atoms with Crippen LogP contribution in [0.5, 0.6) is 0 Å². The quantitative estimate of drug-likeness (QED) is 0.722. The predicted molar refractivity (Wildman–Crippen MR) is 85.2 cm³/mol. The van der Waals surface area contributed by atoms with E-state index in [4.69, 9.17) is 0 Å². The summed E-state index contributed by atoms with van der Waals surface area (Å²) in [5.41, 5.74) is 3.53. The normalized spacial score (nSPS) is 12.0. The van der Waals surface area contributed by atoms with E-state index in [2.05, 4.69) is 0 Å². The molecule has 0 radical (unpaired) electrons. The lowest BCUT2D eigenvalue weighted by Crippen LogP contribution is -2.14. The highest BCUT2D eigenvalue weighted by Crippen LogP contribution is 2.29. The molecule has 0 amide bonds. The molecule has 108 valence electrons. The molecule has 0 N–H and O–H groups in total. The molecule has 0 aliphatic carbocycles. The molecule has 3 aromatic rings. The lowest BCUT2D eigenvalue weighted by atomic mass is 10.2. The smallest absolute Gasteiger partial charge is 0.238 e. The molecular weight excluding hydrogens is 282 g/mol. The summed E-state index contributed by atoms with van der Waals surface area (Å²) in [4.78, 5) is 0.317. The van der Waals surface area contributed by atoms with Crippen molar-refractivity contribution in [3.05, 3.63) is 65.4 Å². The number of para-hydroxylation sites is 1. The molecule has 0 aliphatic rings. The monoisotopic (exact) mass is 299 g/mol. The van der Waals surface area contributed by atoms with Crippen LogP contribution in [0.4, 0.5) is 0 Å². The standard InChI is InChI=1S/C17H17NO2S/c1-12-8-10-15(11-9-12)21(19,20)18-14(3)13(2)16-6-4-5-7-17(16)18/h4-11H,1-3H3. The Morgan fingerprint density at radius 3 is 2.14 bits per heavy atom. The number of nitrogens with zero attached hydrogens (tertiary/aromatic N) is 1. The largest absolute Gasteiger partial charge is 0.268 e. The fourth-order valence-electron chi connectivity index (χ4n) is 2.62. The highest BCUT2D eigenvalue weighted by Gasteiger charge is 2.23. The van der Waals surface area contributed by atoms with Crippen LogP contribution in [0, 0.1) is 20.8 Å². The van der Waals surface area contributed by atoms with Gasteiger partial charge in [0.2, 0.25) is 0 Å². The fourth-order valence-corrected chi connectivity index (χ4v) is 4.23. The topological polar surface area (TPSA) is 39.1 Å². The Bertz CT molecular complexity index is 919. The van der Waals surface area contributed by atoms with Gasteiger partial charge in [-0.3, -0.25) is 0 Å². The van der Waals surface area contributed by atoms with E-state index in [1.54, 1.807) is 12.1 Å². The predicted octanol–water partition coefficient (Wildman–Crippen LogP) is 3.80. The summed E-state index contributed by atoms with van der Waals surface area (Å²) in [6.45, 7) is 5.75. The molecule has 4 heteroatoms. The number of hydrogen-bond donors (Lipinski definition) is 0. The van der Waals surface area contributed by atoms with Crippen molar-refractivity contribution in [2.75, 3.05) is 0 Å². The van der Waals surface area contributed by atoms with Crippen molar-refractivity contribution in [3.63, 3.8) is 0 Å². The zero-order valence-corrected chi connectivity index (χ0v) is 13.1. The summed E-state index contributed by atoms with van der Waals surface area (Å²) in [6.07, 6.45) is 0. The Morgan fingerprint density at radius 2 is 1.48 bits per heavy atom. The molecular formula is C17H17NO2S. The maximum atomic E-state index is 13.0. The van der Waals surface area contributed by atoms with Crippen LogP contribution in [0.2, 0.25) is 0 Å². The molecule has 0 saturated carbocycles. The van der Waals surface area contributed by atoms with Crippen molar-refractivity contribution in [2.24, 2.45) is 0 Å². The second kappa shape index (κ2) is 4.74. The second-order valence-electron chi connectivity index (χ2n) is 5.31. The third-order valence-electron chi connectivity index (χ3n) is 3.93. The molecule has 2 aromatic carbocycles. The van der Waals surface area contributed by atoms with Gasteiger partial charge in [-0.05, 0) is 44.5 Å². The Kier molecular flexibility index (Phi) is 3.14. The van der Waals surface area contributed by atoms with Gasteiger partial charge in [0.1, 0.15) is 0 Å². The maximum absolute atomic E-state index is 13.0. The molecule has 0 unspecified atom stereocenters. The van der Waals surface area contributed by atoms with Crippen molar-refractivity contribution < 1.29 is 8.42 Å². The van der Waals surface area contributed by atoms with E-state index in [1.165, 1.54) is 3.97 Å². The highest BCUT2D eigenvalue weighted by atomic mass is 32.2. The first-order valence-corrected chi connectivity index (χ1v) is 8.26. The van der Waals surface area contributed by atoms with Gasteiger partial charge in [0.25, 0.3) is 10.0 Å². The van der Waals surface area contributed by atoms with Gasteiger partial charge in [-0.15, -0.1) is 0 Å². The third kappa shape index (κ3) is 2.07. The van der Waals surface area contributed by atoms with Gasteiger partial charge < -0.3 is 0 Å². The van der Waals surface area contributed by atoms with Gasteiger partial charge in [-0.25, -0.2) is 12.4 Å². The van der Waals surface area contributed by atoms with Crippen LogP contribution >= 0.6 is 0 Å². The van der Waals surface area contributed by atoms with Gasteiger partial charge >= 0.3 is 0 Å². The molecule has 3 nitrogen and oxygen atoms in total. The molecule has 1 heterocycles. The van der Waals surface area contributed by atoms with Crippen molar-refractivity contribution in [2.45, 2.75) is 25.7 Å². The van der Waals surface area contributed by atoms with Crippen LogP contribution in [0.1, 0.15) is 16.8 Å².